The van der Waals surface area contributed by atoms with Gasteiger partial charge in [-0.2, -0.15) is 11.8 Å². The minimum Gasteiger partial charge on any atom is -0.467 e. The van der Waals surface area contributed by atoms with E-state index in [0.29, 0.717) is 24.3 Å². The van der Waals surface area contributed by atoms with E-state index in [9.17, 15) is 14.4 Å². The highest BCUT2D eigenvalue weighted by Gasteiger charge is 2.25. The number of carbonyl (C=O) groups excluding carboxylic acids is 3. The number of carbonyl (C=O) groups is 3. The SMILES string of the molecule is CCCCN(CC1CCCCC1)C(=O)Cc1ccc(C(=O)N[C@@H](CCSC)C(=O)OC)c(-c2ccccc2C)c1. The third kappa shape index (κ3) is 9.12. The van der Waals surface area contributed by atoms with Crippen molar-refractivity contribution in [2.45, 2.75) is 77.7 Å². The number of nitrogens with zero attached hydrogens (tertiary/aromatic N) is 1. The van der Waals surface area contributed by atoms with Crippen LogP contribution in [0.15, 0.2) is 42.5 Å². The normalized spacial score (nSPS) is 14.4. The van der Waals surface area contributed by atoms with Crippen LogP contribution in [0.4, 0.5) is 0 Å². The van der Waals surface area contributed by atoms with Crippen molar-refractivity contribution in [3.05, 3.63) is 59.2 Å². The second-order valence-electron chi connectivity index (χ2n) is 10.9. The second kappa shape index (κ2) is 16.5. The third-order valence-corrected chi connectivity index (χ3v) is 8.50. The summed E-state index contributed by atoms with van der Waals surface area (Å²) < 4.78 is 4.94. The van der Waals surface area contributed by atoms with Gasteiger partial charge in [-0.05, 0) is 84.9 Å². The zero-order valence-electron chi connectivity index (χ0n) is 24.7. The highest BCUT2D eigenvalue weighted by molar-refractivity contribution is 7.98. The van der Waals surface area contributed by atoms with E-state index in [1.54, 1.807) is 17.8 Å². The van der Waals surface area contributed by atoms with Crippen molar-refractivity contribution >= 4 is 29.5 Å². The molecular formula is C33H46N2O4S. The maximum absolute atomic E-state index is 13.6. The van der Waals surface area contributed by atoms with Gasteiger partial charge in [0.05, 0.1) is 13.5 Å². The van der Waals surface area contributed by atoms with Crippen LogP contribution in [0.1, 0.15) is 79.8 Å². The van der Waals surface area contributed by atoms with Crippen LogP contribution in [-0.4, -0.2) is 60.9 Å². The molecule has 40 heavy (non-hydrogen) atoms. The number of unbranched alkanes of at least 4 members (excludes halogenated alkanes) is 1. The van der Waals surface area contributed by atoms with E-state index < -0.39 is 12.0 Å². The average Bonchev–Trinajstić information content (AvgIpc) is 2.97. The molecule has 2 amide bonds. The molecule has 1 aliphatic rings. The molecule has 1 fully saturated rings. The number of thioether (sulfide) groups is 1. The van der Waals surface area contributed by atoms with Gasteiger partial charge in [-0.15, -0.1) is 0 Å². The van der Waals surface area contributed by atoms with Crippen molar-refractivity contribution in [2.75, 3.05) is 32.2 Å². The average molecular weight is 567 g/mol. The molecular weight excluding hydrogens is 520 g/mol. The van der Waals surface area contributed by atoms with Crippen molar-refractivity contribution in [1.29, 1.82) is 0 Å². The van der Waals surface area contributed by atoms with E-state index in [4.69, 9.17) is 4.74 Å². The van der Waals surface area contributed by atoms with Gasteiger partial charge < -0.3 is 15.0 Å². The van der Waals surface area contributed by atoms with Crippen LogP contribution in [0, 0.1) is 12.8 Å². The van der Waals surface area contributed by atoms with E-state index in [0.717, 1.165) is 53.9 Å². The van der Waals surface area contributed by atoms with Gasteiger partial charge in [0.1, 0.15) is 6.04 Å². The molecule has 1 N–H and O–H groups in total. The van der Waals surface area contributed by atoms with E-state index >= 15 is 0 Å². The molecule has 1 saturated carbocycles. The van der Waals surface area contributed by atoms with Crippen LogP contribution in [0.5, 0.6) is 0 Å². The van der Waals surface area contributed by atoms with Crippen molar-refractivity contribution in [1.82, 2.24) is 10.2 Å². The minimum atomic E-state index is -0.720. The Balaban J connectivity index is 1.88. The standard InChI is InChI=1S/C33H46N2O4S/c1-5-6-19-35(23-25-13-8-7-9-14-25)31(36)22-26-16-17-28(29(21-26)27-15-11-10-12-24(27)2)32(37)34-30(18-20-40-4)33(38)39-3/h10-12,15-17,21,25,30H,5-9,13-14,18-20,22-23H2,1-4H3,(H,34,37)/t30-/m0/s1. The molecule has 6 nitrogen and oxygen atoms in total. The highest BCUT2D eigenvalue weighted by Crippen LogP contribution is 2.29. The Morgan fingerprint density at radius 2 is 1.82 bits per heavy atom. The Morgan fingerprint density at radius 3 is 2.50 bits per heavy atom. The highest BCUT2D eigenvalue weighted by atomic mass is 32.2. The number of hydrogen-bond donors (Lipinski definition) is 1. The van der Waals surface area contributed by atoms with Crippen molar-refractivity contribution < 1.29 is 19.1 Å². The predicted octanol–water partition coefficient (Wildman–Crippen LogP) is 6.44. The fraction of sp³-hybridized carbons (Fsp3) is 0.545. The Kier molecular flexibility index (Phi) is 13.1. The largest absolute Gasteiger partial charge is 0.467 e. The number of hydrogen-bond acceptors (Lipinski definition) is 5. The van der Waals surface area contributed by atoms with E-state index in [2.05, 4.69) is 17.1 Å². The molecule has 0 heterocycles. The van der Waals surface area contributed by atoms with Crippen LogP contribution < -0.4 is 5.32 Å². The molecule has 0 aliphatic heterocycles. The lowest BCUT2D eigenvalue weighted by atomic mass is 9.88. The predicted molar refractivity (Wildman–Crippen MR) is 165 cm³/mol. The van der Waals surface area contributed by atoms with Gasteiger partial charge in [-0.3, -0.25) is 9.59 Å². The van der Waals surface area contributed by atoms with Crippen molar-refractivity contribution in [3.63, 3.8) is 0 Å². The minimum absolute atomic E-state index is 0.148. The fourth-order valence-electron chi connectivity index (χ4n) is 5.49. The molecule has 0 saturated heterocycles. The maximum atomic E-state index is 13.6. The molecule has 0 spiro atoms. The molecule has 2 aromatic carbocycles. The van der Waals surface area contributed by atoms with Gasteiger partial charge in [0.15, 0.2) is 0 Å². The van der Waals surface area contributed by atoms with Gasteiger partial charge >= 0.3 is 5.97 Å². The van der Waals surface area contributed by atoms with Crippen LogP contribution in [0.3, 0.4) is 0 Å². The van der Waals surface area contributed by atoms with E-state index in [1.807, 2.05) is 49.6 Å². The lowest BCUT2D eigenvalue weighted by molar-refractivity contribution is -0.142. The fourth-order valence-corrected chi connectivity index (χ4v) is 5.97. The first-order valence-electron chi connectivity index (χ1n) is 14.7. The molecule has 1 atom stereocenters. The zero-order chi connectivity index (χ0) is 28.9. The van der Waals surface area contributed by atoms with Crippen LogP contribution >= 0.6 is 11.8 Å². The lowest BCUT2D eigenvalue weighted by Crippen LogP contribution is -2.42. The Morgan fingerprint density at radius 1 is 1.07 bits per heavy atom. The van der Waals surface area contributed by atoms with Crippen molar-refractivity contribution in [2.24, 2.45) is 5.92 Å². The second-order valence-corrected chi connectivity index (χ2v) is 11.9. The van der Waals surface area contributed by atoms with Gasteiger partial charge in [-0.25, -0.2) is 4.79 Å². The molecule has 0 bridgehead atoms. The summed E-state index contributed by atoms with van der Waals surface area (Å²) in [5.74, 6) is 0.690. The lowest BCUT2D eigenvalue weighted by Gasteiger charge is -2.30. The molecule has 0 aromatic heterocycles. The van der Waals surface area contributed by atoms with Gasteiger partial charge in [-0.1, -0.05) is 62.9 Å². The number of esters is 1. The van der Waals surface area contributed by atoms with Crippen LogP contribution in [-0.2, 0) is 20.7 Å². The zero-order valence-corrected chi connectivity index (χ0v) is 25.5. The summed E-state index contributed by atoms with van der Waals surface area (Å²) >= 11 is 1.61. The van der Waals surface area contributed by atoms with Crippen molar-refractivity contribution in [3.8, 4) is 11.1 Å². The van der Waals surface area contributed by atoms with E-state index in [1.165, 1.54) is 39.2 Å². The Labute approximate surface area is 244 Å². The number of methoxy groups -OCH3 is 1. The summed E-state index contributed by atoms with van der Waals surface area (Å²) in [6, 6.07) is 12.9. The quantitative estimate of drug-likeness (QED) is 0.267. The maximum Gasteiger partial charge on any atom is 0.328 e. The summed E-state index contributed by atoms with van der Waals surface area (Å²) in [4.78, 5) is 41.5. The number of ether oxygens (including phenoxy) is 1. The first kappa shape index (κ1) is 31.7. The van der Waals surface area contributed by atoms with Gasteiger partial charge in [0.25, 0.3) is 5.91 Å². The summed E-state index contributed by atoms with van der Waals surface area (Å²) in [7, 11) is 1.34. The van der Waals surface area contributed by atoms with Gasteiger partial charge in [0.2, 0.25) is 5.91 Å². The summed E-state index contributed by atoms with van der Waals surface area (Å²) in [5, 5.41) is 2.89. The number of nitrogens with one attached hydrogen (secondary N) is 1. The van der Waals surface area contributed by atoms with Crippen LogP contribution in [0.25, 0.3) is 11.1 Å². The molecule has 218 valence electrons. The Hall–Kier alpha value is -2.80. The van der Waals surface area contributed by atoms with E-state index in [-0.39, 0.29) is 11.8 Å². The van der Waals surface area contributed by atoms with Crippen LogP contribution in [0.2, 0.25) is 0 Å². The Bertz CT molecular complexity index is 1130. The number of benzene rings is 2. The molecule has 3 rings (SSSR count). The summed E-state index contributed by atoms with van der Waals surface area (Å²) in [5.41, 5.74) is 4.10. The topological polar surface area (TPSA) is 75.7 Å². The first-order valence-corrected chi connectivity index (χ1v) is 16.1. The number of aryl methyl sites for hydroxylation is 1. The number of rotatable bonds is 14. The molecule has 0 radical (unpaired) electrons. The summed E-state index contributed by atoms with van der Waals surface area (Å²) in [6.45, 7) is 5.81. The third-order valence-electron chi connectivity index (χ3n) is 7.86. The smallest absolute Gasteiger partial charge is 0.328 e. The summed E-state index contributed by atoms with van der Waals surface area (Å²) in [6.07, 6.45) is 11.1. The first-order chi connectivity index (χ1) is 19.4. The molecule has 7 heteroatoms. The van der Waals surface area contributed by atoms with Gasteiger partial charge in [0, 0.05) is 18.7 Å². The molecule has 2 aromatic rings. The molecule has 0 unspecified atom stereocenters. The monoisotopic (exact) mass is 566 g/mol. The molecule has 1 aliphatic carbocycles. The number of amides is 2.